The van der Waals surface area contributed by atoms with Gasteiger partial charge in [0.25, 0.3) is 0 Å². The van der Waals surface area contributed by atoms with Crippen LogP contribution < -0.4 is 0 Å². The molecule has 3 atom stereocenters. The average Bonchev–Trinajstić information content (AvgIpc) is 3.18. The molecule has 6 nitrogen and oxygen atoms in total. The highest BCUT2D eigenvalue weighted by Gasteiger charge is 2.47. The largest absolute Gasteiger partial charge is 0.481 e. The van der Waals surface area contributed by atoms with Crippen molar-refractivity contribution in [3.8, 4) is 11.1 Å². The van der Waals surface area contributed by atoms with E-state index in [4.69, 9.17) is 4.74 Å². The van der Waals surface area contributed by atoms with Crippen LogP contribution in [-0.2, 0) is 31.7 Å². The molecule has 0 amide bonds. The van der Waals surface area contributed by atoms with Gasteiger partial charge in [-0.2, -0.15) is 26.3 Å². The molecular weight excluding hydrogens is 480 g/mol. The number of hydrogen-bond acceptors (Lipinski definition) is 5. The van der Waals surface area contributed by atoms with Gasteiger partial charge in [0, 0.05) is 13.3 Å². The molecule has 1 fully saturated rings. The molecule has 3 unspecified atom stereocenters. The summed E-state index contributed by atoms with van der Waals surface area (Å²) < 4.78 is 111. The number of aromatic nitrogens is 1. The Balaban J connectivity index is 2.08. The van der Waals surface area contributed by atoms with E-state index in [1.54, 1.807) is 0 Å². The highest BCUT2D eigenvalue weighted by Crippen LogP contribution is 2.42. The average molecular weight is 497 g/mol. The second-order valence-electron chi connectivity index (χ2n) is 7.49. The minimum absolute atomic E-state index is 0.238. The molecule has 0 spiro atoms. The van der Waals surface area contributed by atoms with Crippen LogP contribution in [-0.4, -0.2) is 42.9 Å². The molecule has 180 valence electrons. The minimum Gasteiger partial charge on any atom is -0.481 e. The lowest BCUT2D eigenvalue weighted by molar-refractivity contribution is -0.145. The van der Waals surface area contributed by atoms with E-state index >= 15 is 0 Å². The first-order valence-electron chi connectivity index (χ1n) is 9.40. The van der Waals surface area contributed by atoms with Crippen molar-refractivity contribution in [2.45, 2.75) is 41.4 Å². The van der Waals surface area contributed by atoms with E-state index < -0.39 is 68.0 Å². The number of methoxy groups -OCH3 is 1. The van der Waals surface area contributed by atoms with Crippen LogP contribution in [0.5, 0.6) is 0 Å². The first-order valence-corrected chi connectivity index (χ1v) is 10.9. The molecule has 1 N–H and O–H groups in total. The first-order chi connectivity index (χ1) is 15.2. The van der Waals surface area contributed by atoms with Gasteiger partial charge in [-0.1, -0.05) is 6.07 Å². The minimum atomic E-state index is -5.15. The van der Waals surface area contributed by atoms with Crippen molar-refractivity contribution >= 4 is 15.8 Å². The van der Waals surface area contributed by atoms with E-state index in [1.165, 1.54) is 7.11 Å². The summed E-state index contributed by atoms with van der Waals surface area (Å²) in [5.41, 5.74) is -3.41. The van der Waals surface area contributed by atoms with E-state index in [9.17, 15) is 44.7 Å². The second-order valence-corrected chi connectivity index (χ2v) is 9.69. The standard InChI is InChI=1S/C20H17F6NO5S/c1-32-15-9-12(8-13(15)18(28)29)33(30,31)16-3-2-10(6-14(16)19(21,22)23)11-4-5-27-17(7-11)20(24,25)26/h2-7,12-13,15H,8-9H2,1H3,(H,28,29). The Labute approximate surface area is 184 Å². The second kappa shape index (κ2) is 8.60. The topological polar surface area (TPSA) is 93.6 Å². The lowest BCUT2D eigenvalue weighted by Crippen LogP contribution is -2.24. The van der Waals surface area contributed by atoms with Crippen molar-refractivity contribution in [3.63, 3.8) is 0 Å². The fourth-order valence-electron chi connectivity index (χ4n) is 3.85. The van der Waals surface area contributed by atoms with Crippen molar-refractivity contribution in [2.75, 3.05) is 7.11 Å². The molecule has 2 aromatic rings. The molecule has 3 rings (SSSR count). The number of alkyl halides is 6. The van der Waals surface area contributed by atoms with Crippen molar-refractivity contribution in [1.29, 1.82) is 0 Å². The summed E-state index contributed by atoms with van der Waals surface area (Å²) in [6.45, 7) is 0. The zero-order chi connectivity index (χ0) is 24.8. The number of rotatable bonds is 5. The number of aliphatic carboxylic acids is 1. The maximum atomic E-state index is 13.8. The maximum Gasteiger partial charge on any atom is 0.433 e. The molecule has 0 saturated heterocycles. The number of ether oxygens (including phenoxy) is 1. The normalized spacial score (nSPS) is 21.8. The number of carboxylic acids is 1. The first kappa shape index (κ1) is 25.0. The van der Waals surface area contributed by atoms with Crippen LogP contribution >= 0.6 is 0 Å². The van der Waals surface area contributed by atoms with Gasteiger partial charge in [0.15, 0.2) is 9.84 Å². The van der Waals surface area contributed by atoms with Gasteiger partial charge in [0.1, 0.15) is 5.69 Å². The summed E-state index contributed by atoms with van der Waals surface area (Å²) in [4.78, 5) is 13.4. The van der Waals surface area contributed by atoms with E-state index in [0.717, 1.165) is 18.3 Å². The van der Waals surface area contributed by atoms with E-state index in [-0.39, 0.29) is 17.5 Å². The number of sulfone groups is 1. The fourth-order valence-corrected chi connectivity index (χ4v) is 5.85. The van der Waals surface area contributed by atoms with Gasteiger partial charge in [-0.05, 0) is 48.2 Å². The van der Waals surface area contributed by atoms with Crippen LogP contribution in [0.25, 0.3) is 11.1 Å². The van der Waals surface area contributed by atoms with E-state index in [0.29, 0.717) is 18.2 Å². The van der Waals surface area contributed by atoms with Crippen molar-refractivity contribution in [2.24, 2.45) is 5.92 Å². The Morgan fingerprint density at radius 1 is 1.03 bits per heavy atom. The van der Waals surface area contributed by atoms with E-state index in [2.05, 4.69) is 4.98 Å². The molecule has 1 aromatic heterocycles. The number of carboxylic acid groups (broad SMARTS) is 1. The van der Waals surface area contributed by atoms with Crippen LogP contribution in [0.4, 0.5) is 26.3 Å². The van der Waals surface area contributed by atoms with Crippen LogP contribution in [0.1, 0.15) is 24.1 Å². The number of hydrogen-bond donors (Lipinski definition) is 1. The lowest BCUT2D eigenvalue weighted by Gasteiger charge is -2.18. The highest BCUT2D eigenvalue weighted by atomic mass is 32.2. The van der Waals surface area contributed by atoms with Crippen LogP contribution in [0.2, 0.25) is 0 Å². The summed E-state index contributed by atoms with van der Waals surface area (Å²) in [7, 11) is -3.47. The van der Waals surface area contributed by atoms with Gasteiger partial charge >= 0.3 is 18.3 Å². The predicted molar refractivity (Wildman–Crippen MR) is 102 cm³/mol. The molecule has 0 bridgehead atoms. The van der Waals surface area contributed by atoms with Crippen molar-refractivity contribution < 1.29 is 49.4 Å². The highest BCUT2D eigenvalue weighted by molar-refractivity contribution is 7.92. The number of halogens is 6. The molecule has 1 aliphatic carbocycles. The molecule has 1 heterocycles. The van der Waals surface area contributed by atoms with Gasteiger partial charge in [0.05, 0.1) is 27.7 Å². The van der Waals surface area contributed by atoms with Crippen molar-refractivity contribution in [1.82, 2.24) is 4.98 Å². The Morgan fingerprint density at radius 2 is 1.67 bits per heavy atom. The monoisotopic (exact) mass is 497 g/mol. The third-order valence-corrected chi connectivity index (χ3v) is 7.73. The maximum absolute atomic E-state index is 13.8. The zero-order valence-corrected chi connectivity index (χ0v) is 17.6. The summed E-state index contributed by atoms with van der Waals surface area (Å²) in [5.74, 6) is -2.54. The van der Waals surface area contributed by atoms with Crippen LogP contribution in [0.15, 0.2) is 41.4 Å². The third kappa shape index (κ3) is 4.98. The molecular formula is C20H17F6NO5S. The van der Waals surface area contributed by atoms with Gasteiger partial charge in [-0.15, -0.1) is 0 Å². The van der Waals surface area contributed by atoms with E-state index in [1.807, 2.05) is 0 Å². The lowest BCUT2D eigenvalue weighted by atomic mass is 10.0. The molecule has 33 heavy (non-hydrogen) atoms. The number of nitrogens with zero attached hydrogens (tertiary/aromatic N) is 1. The molecule has 0 radical (unpaired) electrons. The Kier molecular flexibility index (Phi) is 6.50. The smallest absolute Gasteiger partial charge is 0.433 e. The Bertz CT molecular complexity index is 1160. The summed E-state index contributed by atoms with van der Waals surface area (Å²) >= 11 is 0. The molecule has 1 aliphatic rings. The molecule has 13 heteroatoms. The Hall–Kier alpha value is -2.67. The van der Waals surface area contributed by atoms with Crippen LogP contribution in [0, 0.1) is 5.92 Å². The molecule has 1 saturated carbocycles. The zero-order valence-electron chi connectivity index (χ0n) is 16.8. The number of pyridine rings is 1. The van der Waals surface area contributed by atoms with Gasteiger partial charge in [0.2, 0.25) is 0 Å². The summed E-state index contributed by atoms with van der Waals surface area (Å²) in [5, 5.41) is 7.82. The van der Waals surface area contributed by atoms with Crippen LogP contribution in [0.3, 0.4) is 0 Å². The van der Waals surface area contributed by atoms with Gasteiger partial charge in [-0.25, -0.2) is 8.42 Å². The van der Waals surface area contributed by atoms with Crippen molar-refractivity contribution in [3.05, 3.63) is 47.8 Å². The molecule has 1 aromatic carbocycles. The number of carbonyl (C=O) groups is 1. The third-order valence-electron chi connectivity index (χ3n) is 5.49. The summed E-state index contributed by atoms with van der Waals surface area (Å²) in [6, 6.07) is 3.73. The summed E-state index contributed by atoms with van der Waals surface area (Å²) in [6.07, 6.45) is -10.9. The number of benzene rings is 1. The SMILES string of the molecule is COC1CC(S(=O)(=O)c2ccc(-c3ccnc(C(F)(F)F)c3)cc2C(F)(F)F)CC1C(=O)O. The Morgan fingerprint density at radius 3 is 2.18 bits per heavy atom. The van der Waals surface area contributed by atoms with Gasteiger partial charge in [-0.3, -0.25) is 9.78 Å². The van der Waals surface area contributed by atoms with Gasteiger partial charge < -0.3 is 9.84 Å². The predicted octanol–water partition coefficient (Wildman–Crippen LogP) is 4.44. The quantitative estimate of drug-likeness (QED) is 0.614. The fraction of sp³-hybridized carbons (Fsp3) is 0.400. The molecule has 0 aliphatic heterocycles.